The summed E-state index contributed by atoms with van der Waals surface area (Å²) in [6.45, 7) is 1.54. The van der Waals surface area contributed by atoms with Crippen molar-refractivity contribution in [2.24, 2.45) is 0 Å². The minimum Gasteiger partial charge on any atom is -0.482 e. The summed E-state index contributed by atoms with van der Waals surface area (Å²) in [4.78, 5) is 23.0. The summed E-state index contributed by atoms with van der Waals surface area (Å²) in [7, 11) is 2.12. The summed E-state index contributed by atoms with van der Waals surface area (Å²) in [5.41, 5.74) is -0.770. The van der Waals surface area contributed by atoms with Gasteiger partial charge >= 0.3 is 18.1 Å². The lowest BCUT2D eigenvalue weighted by Crippen LogP contribution is -2.31. The van der Waals surface area contributed by atoms with Gasteiger partial charge in [-0.05, 0) is 13.8 Å². The summed E-state index contributed by atoms with van der Waals surface area (Å²) in [6.07, 6.45) is -4.70. The maximum absolute atomic E-state index is 12.0. The Balaban J connectivity index is 5.28. The van der Waals surface area contributed by atoms with Crippen LogP contribution < -0.4 is 5.32 Å². The fourth-order valence-corrected chi connectivity index (χ4v) is 1.09. The maximum Gasteiger partial charge on any atom is 0.422 e. The first-order valence-electron chi connectivity index (χ1n) is 5.49. The first-order valence-corrected chi connectivity index (χ1v) is 5.49. The third-order valence-electron chi connectivity index (χ3n) is 1.81. The summed E-state index contributed by atoms with van der Waals surface area (Å²) in [6, 6.07) is -0.236. The monoisotopic (exact) mass is 299 g/mol. The van der Waals surface area contributed by atoms with Crippen molar-refractivity contribution in [1.29, 1.82) is 0 Å². The van der Waals surface area contributed by atoms with Gasteiger partial charge in [-0.1, -0.05) is 0 Å². The van der Waals surface area contributed by atoms with E-state index in [0.29, 0.717) is 0 Å². The molecule has 116 valence electrons. The number of esters is 2. The Morgan fingerprint density at radius 1 is 1.10 bits per heavy atom. The third-order valence-corrected chi connectivity index (χ3v) is 1.81. The van der Waals surface area contributed by atoms with E-state index in [2.05, 4.69) is 14.8 Å². The molecule has 0 bridgehead atoms. The summed E-state index contributed by atoms with van der Waals surface area (Å²) in [5, 5.41) is 2.60. The van der Waals surface area contributed by atoms with Crippen molar-refractivity contribution in [3.8, 4) is 0 Å². The molecule has 0 rings (SSSR count). The number of methoxy groups -OCH3 is 2. The molecule has 0 amide bonds. The van der Waals surface area contributed by atoms with Crippen LogP contribution >= 0.6 is 0 Å². The highest BCUT2D eigenvalue weighted by Gasteiger charge is 2.33. The van der Waals surface area contributed by atoms with E-state index in [4.69, 9.17) is 4.74 Å². The lowest BCUT2D eigenvalue weighted by molar-refractivity contribution is -0.184. The van der Waals surface area contributed by atoms with Gasteiger partial charge in [0, 0.05) is 6.04 Å². The molecule has 0 aliphatic heterocycles. The van der Waals surface area contributed by atoms with Crippen molar-refractivity contribution in [2.75, 3.05) is 20.8 Å². The van der Waals surface area contributed by atoms with Gasteiger partial charge in [-0.3, -0.25) is 0 Å². The van der Waals surface area contributed by atoms with E-state index in [1.807, 2.05) is 0 Å². The Labute approximate surface area is 113 Å². The van der Waals surface area contributed by atoms with E-state index < -0.39 is 30.3 Å². The third kappa shape index (κ3) is 6.30. The Morgan fingerprint density at radius 2 is 1.65 bits per heavy atom. The highest BCUT2D eigenvalue weighted by molar-refractivity contribution is 6.14. The molecule has 0 aromatic carbocycles. The van der Waals surface area contributed by atoms with E-state index in [1.165, 1.54) is 0 Å². The van der Waals surface area contributed by atoms with Crippen molar-refractivity contribution >= 4 is 11.9 Å². The molecule has 0 aliphatic rings. The Kier molecular flexibility index (Phi) is 6.87. The second kappa shape index (κ2) is 7.61. The molecule has 0 aromatic rings. The van der Waals surface area contributed by atoms with Gasteiger partial charge in [-0.2, -0.15) is 13.2 Å². The molecule has 0 heterocycles. The molecule has 9 heteroatoms. The van der Waals surface area contributed by atoms with Crippen LogP contribution in [-0.4, -0.2) is 45.0 Å². The molecule has 0 fully saturated rings. The number of ether oxygens (including phenoxy) is 3. The maximum atomic E-state index is 12.0. The number of carbonyl (C=O) groups excluding carboxylic acids is 2. The van der Waals surface area contributed by atoms with E-state index in [9.17, 15) is 22.8 Å². The van der Waals surface area contributed by atoms with Crippen molar-refractivity contribution < 1.29 is 37.0 Å². The van der Waals surface area contributed by atoms with Gasteiger partial charge < -0.3 is 19.5 Å². The lowest BCUT2D eigenvalue weighted by Gasteiger charge is -2.16. The molecule has 0 spiro atoms. The van der Waals surface area contributed by atoms with Crippen molar-refractivity contribution in [3.05, 3.63) is 11.5 Å². The number of hydrogen-bond acceptors (Lipinski definition) is 6. The predicted molar refractivity (Wildman–Crippen MR) is 61.3 cm³/mol. The molecule has 0 aliphatic carbocycles. The fourth-order valence-electron chi connectivity index (χ4n) is 1.09. The van der Waals surface area contributed by atoms with Crippen molar-refractivity contribution in [3.63, 3.8) is 0 Å². The normalized spacial score (nSPS) is 12.6. The highest BCUT2D eigenvalue weighted by atomic mass is 19.4. The Hall–Kier alpha value is -1.93. The molecular formula is C11H16F3NO5. The second-order valence-electron chi connectivity index (χ2n) is 3.89. The molecule has 0 atom stereocenters. The average molecular weight is 299 g/mol. The molecule has 6 nitrogen and oxygen atoms in total. The second-order valence-corrected chi connectivity index (χ2v) is 3.89. The van der Waals surface area contributed by atoms with Gasteiger partial charge in [-0.15, -0.1) is 0 Å². The fraction of sp³-hybridized carbons (Fsp3) is 0.636. The van der Waals surface area contributed by atoms with E-state index >= 15 is 0 Å². The number of nitrogens with one attached hydrogen (secondary N) is 1. The largest absolute Gasteiger partial charge is 0.482 e. The van der Waals surface area contributed by atoms with Crippen LogP contribution in [0.4, 0.5) is 13.2 Å². The zero-order chi connectivity index (χ0) is 15.9. The van der Waals surface area contributed by atoms with Crippen molar-refractivity contribution in [2.45, 2.75) is 26.1 Å². The summed E-state index contributed by atoms with van der Waals surface area (Å²) < 4.78 is 49.1. The summed E-state index contributed by atoms with van der Waals surface area (Å²) >= 11 is 0. The van der Waals surface area contributed by atoms with Gasteiger partial charge in [0.1, 0.15) is 0 Å². The number of carbonyl (C=O) groups is 2. The van der Waals surface area contributed by atoms with Crippen LogP contribution in [0.25, 0.3) is 0 Å². The van der Waals surface area contributed by atoms with Crippen LogP contribution in [0.15, 0.2) is 11.5 Å². The average Bonchev–Trinajstić information content (AvgIpc) is 2.33. The Bertz CT molecular complexity index is 390. The minimum absolute atomic E-state index is 0.236. The SMILES string of the molecule is COC(=O)/C(C(=O)OCC(F)(F)F)=C(\NC(C)C)OC. The van der Waals surface area contributed by atoms with E-state index in [-0.39, 0.29) is 11.9 Å². The quantitative estimate of drug-likeness (QED) is 0.260. The molecular weight excluding hydrogens is 283 g/mol. The minimum atomic E-state index is -4.70. The molecule has 1 N–H and O–H groups in total. The first-order chi connectivity index (χ1) is 9.12. The first kappa shape index (κ1) is 18.1. The van der Waals surface area contributed by atoms with Crippen LogP contribution in [0, 0.1) is 0 Å². The molecule has 20 heavy (non-hydrogen) atoms. The van der Waals surface area contributed by atoms with Crippen LogP contribution in [-0.2, 0) is 23.8 Å². The smallest absolute Gasteiger partial charge is 0.422 e. The summed E-state index contributed by atoms with van der Waals surface area (Å²) in [5.74, 6) is -2.97. The van der Waals surface area contributed by atoms with Crippen LogP contribution in [0.2, 0.25) is 0 Å². The number of hydrogen-bond donors (Lipinski definition) is 1. The molecule has 0 saturated carbocycles. The lowest BCUT2D eigenvalue weighted by atomic mass is 10.2. The zero-order valence-corrected chi connectivity index (χ0v) is 11.5. The number of rotatable bonds is 6. The van der Waals surface area contributed by atoms with Gasteiger partial charge in [-0.25, -0.2) is 9.59 Å². The van der Waals surface area contributed by atoms with Gasteiger partial charge in [0.15, 0.2) is 6.61 Å². The standard InChI is InChI=1S/C11H16F3NO5/c1-6(2)15-8(18-3)7(9(16)19-4)10(17)20-5-11(12,13)14/h6,15H,5H2,1-4H3/b8-7-. The molecule has 0 saturated heterocycles. The molecule has 0 unspecified atom stereocenters. The van der Waals surface area contributed by atoms with Gasteiger partial charge in [0.25, 0.3) is 0 Å². The number of halogens is 3. The van der Waals surface area contributed by atoms with Crippen molar-refractivity contribution in [1.82, 2.24) is 5.32 Å². The molecule has 0 radical (unpaired) electrons. The zero-order valence-electron chi connectivity index (χ0n) is 11.5. The topological polar surface area (TPSA) is 73.9 Å². The number of alkyl halides is 3. The van der Waals surface area contributed by atoms with Gasteiger partial charge in [0.05, 0.1) is 14.2 Å². The molecule has 0 aromatic heterocycles. The van der Waals surface area contributed by atoms with Crippen LogP contribution in [0.5, 0.6) is 0 Å². The van der Waals surface area contributed by atoms with Crippen LogP contribution in [0.3, 0.4) is 0 Å². The van der Waals surface area contributed by atoms with E-state index in [1.54, 1.807) is 13.8 Å². The predicted octanol–water partition coefficient (Wildman–Crippen LogP) is 1.12. The van der Waals surface area contributed by atoms with Gasteiger partial charge in [0.2, 0.25) is 11.5 Å². The Morgan fingerprint density at radius 3 is 2.00 bits per heavy atom. The highest BCUT2D eigenvalue weighted by Crippen LogP contribution is 2.16. The van der Waals surface area contributed by atoms with E-state index in [0.717, 1.165) is 14.2 Å². The van der Waals surface area contributed by atoms with Crippen LogP contribution in [0.1, 0.15) is 13.8 Å².